The SMILES string of the molecule is C[C@H]1Cc2noc(N3CCC(C)(C)C3=O)c2CN1C(=O)OC(C)(C)C. The summed E-state index contributed by atoms with van der Waals surface area (Å²) in [6, 6.07) is -0.0361. The Hall–Kier alpha value is -2.05. The summed E-state index contributed by atoms with van der Waals surface area (Å²) in [6.45, 7) is 12.3. The molecule has 2 aliphatic rings. The molecule has 7 heteroatoms. The second-order valence-corrected chi connectivity index (χ2v) is 8.67. The van der Waals surface area contributed by atoms with Crippen molar-refractivity contribution in [1.82, 2.24) is 10.1 Å². The van der Waals surface area contributed by atoms with E-state index in [9.17, 15) is 9.59 Å². The van der Waals surface area contributed by atoms with Crippen LogP contribution in [0.5, 0.6) is 0 Å². The Morgan fingerprint density at radius 2 is 2.04 bits per heavy atom. The van der Waals surface area contributed by atoms with Crippen LogP contribution in [0, 0.1) is 5.41 Å². The van der Waals surface area contributed by atoms with Crippen molar-refractivity contribution < 1.29 is 18.8 Å². The first-order valence-corrected chi connectivity index (χ1v) is 8.78. The van der Waals surface area contributed by atoms with Gasteiger partial charge >= 0.3 is 6.09 Å². The van der Waals surface area contributed by atoms with Crippen molar-refractivity contribution >= 4 is 17.9 Å². The minimum Gasteiger partial charge on any atom is -0.444 e. The van der Waals surface area contributed by atoms with Crippen LogP contribution in [0.1, 0.15) is 59.2 Å². The number of hydrogen-bond acceptors (Lipinski definition) is 5. The molecular formula is C18H27N3O4. The maximum Gasteiger partial charge on any atom is 0.410 e. The summed E-state index contributed by atoms with van der Waals surface area (Å²) in [5.41, 5.74) is 0.686. The minimum atomic E-state index is -0.552. The molecule has 1 fully saturated rings. The fourth-order valence-electron chi connectivity index (χ4n) is 3.30. The second kappa shape index (κ2) is 5.75. The zero-order chi connectivity index (χ0) is 18.6. The van der Waals surface area contributed by atoms with Gasteiger partial charge in [0, 0.05) is 24.4 Å². The zero-order valence-electron chi connectivity index (χ0n) is 15.9. The van der Waals surface area contributed by atoms with Crippen LogP contribution in [0.15, 0.2) is 4.52 Å². The number of ether oxygens (including phenoxy) is 1. The van der Waals surface area contributed by atoms with Gasteiger partial charge < -0.3 is 14.2 Å². The number of aromatic nitrogens is 1. The van der Waals surface area contributed by atoms with Crippen molar-refractivity contribution in [3.63, 3.8) is 0 Å². The molecule has 3 rings (SSSR count). The number of rotatable bonds is 1. The average Bonchev–Trinajstić information content (AvgIpc) is 2.98. The first kappa shape index (κ1) is 17.8. The fourth-order valence-corrected chi connectivity index (χ4v) is 3.30. The molecule has 0 spiro atoms. The van der Waals surface area contributed by atoms with Gasteiger partial charge in [-0.3, -0.25) is 9.69 Å². The van der Waals surface area contributed by atoms with E-state index in [2.05, 4.69) is 5.16 Å². The Bertz CT molecular complexity index is 702. The topological polar surface area (TPSA) is 75.9 Å². The smallest absolute Gasteiger partial charge is 0.410 e. The van der Waals surface area contributed by atoms with Gasteiger partial charge in [-0.15, -0.1) is 0 Å². The molecule has 138 valence electrons. The first-order valence-electron chi connectivity index (χ1n) is 8.78. The molecule has 1 aromatic rings. The summed E-state index contributed by atoms with van der Waals surface area (Å²) in [7, 11) is 0. The summed E-state index contributed by atoms with van der Waals surface area (Å²) in [4.78, 5) is 28.5. The van der Waals surface area contributed by atoms with Gasteiger partial charge in [-0.05, 0) is 34.1 Å². The maximum atomic E-state index is 12.6. The highest BCUT2D eigenvalue weighted by Crippen LogP contribution is 2.38. The molecule has 7 nitrogen and oxygen atoms in total. The van der Waals surface area contributed by atoms with Crippen LogP contribution in [0.2, 0.25) is 0 Å². The van der Waals surface area contributed by atoms with Crippen LogP contribution in [-0.4, -0.2) is 40.2 Å². The molecular weight excluding hydrogens is 322 g/mol. The van der Waals surface area contributed by atoms with E-state index >= 15 is 0 Å². The number of fused-ring (bicyclic) bond motifs is 1. The number of amides is 2. The van der Waals surface area contributed by atoms with E-state index in [-0.39, 0.29) is 18.0 Å². The summed E-state index contributed by atoms with van der Waals surface area (Å²) >= 11 is 0. The molecule has 0 bridgehead atoms. The highest BCUT2D eigenvalue weighted by molar-refractivity contribution is 5.98. The molecule has 25 heavy (non-hydrogen) atoms. The molecule has 0 aliphatic carbocycles. The Morgan fingerprint density at radius 1 is 1.36 bits per heavy atom. The third kappa shape index (κ3) is 3.24. The summed E-state index contributed by atoms with van der Waals surface area (Å²) in [6.07, 6.45) is 1.00. The molecule has 1 saturated heterocycles. The molecule has 1 atom stereocenters. The lowest BCUT2D eigenvalue weighted by atomic mass is 9.92. The summed E-state index contributed by atoms with van der Waals surface area (Å²) in [5.74, 6) is 0.514. The lowest BCUT2D eigenvalue weighted by molar-refractivity contribution is -0.124. The molecule has 0 N–H and O–H groups in total. The van der Waals surface area contributed by atoms with Crippen molar-refractivity contribution in [3.8, 4) is 0 Å². The minimum absolute atomic E-state index is 0.0360. The van der Waals surface area contributed by atoms with Gasteiger partial charge in [0.25, 0.3) is 0 Å². The van der Waals surface area contributed by atoms with Crippen LogP contribution in [-0.2, 0) is 22.5 Å². The van der Waals surface area contributed by atoms with Gasteiger partial charge in [0.1, 0.15) is 5.60 Å². The van der Waals surface area contributed by atoms with Gasteiger partial charge in [0.05, 0.1) is 17.8 Å². The Kier molecular flexibility index (Phi) is 4.08. The molecule has 2 aliphatic heterocycles. The van der Waals surface area contributed by atoms with Crippen molar-refractivity contribution in [2.75, 3.05) is 11.4 Å². The number of carbonyl (C=O) groups is 2. The predicted molar refractivity (Wildman–Crippen MR) is 92.2 cm³/mol. The second-order valence-electron chi connectivity index (χ2n) is 8.67. The number of carbonyl (C=O) groups excluding carboxylic acids is 2. The predicted octanol–water partition coefficient (Wildman–Crippen LogP) is 3.12. The highest BCUT2D eigenvalue weighted by Gasteiger charge is 2.43. The van der Waals surface area contributed by atoms with E-state index in [4.69, 9.17) is 9.26 Å². The van der Waals surface area contributed by atoms with Crippen molar-refractivity contribution in [2.24, 2.45) is 5.41 Å². The van der Waals surface area contributed by atoms with Crippen LogP contribution in [0.25, 0.3) is 0 Å². The number of nitrogens with zero attached hydrogens (tertiary/aromatic N) is 3. The first-order chi connectivity index (χ1) is 11.5. The lowest BCUT2D eigenvalue weighted by Crippen LogP contribution is -2.45. The van der Waals surface area contributed by atoms with Gasteiger partial charge in [0.2, 0.25) is 11.8 Å². The van der Waals surface area contributed by atoms with E-state index in [0.717, 1.165) is 17.7 Å². The molecule has 0 unspecified atom stereocenters. The third-order valence-electron chi connectivity index (χ3n) is 4.86. The average molecular weight is 349 g/mol. The van der Waals surface area contributed by atoms with Crippen LogP contribution in [0.4, 0.5) is 10.7 Å². The normalized spacial score (nSPS) is 23.0. The van der Waals surface area contributed by atoms with Crippen LogP contribution < -0.4 is 4.90 Å². The van der Waals surface area contributed by atoms with Gasteiger partial charge in [-0.2, -0.15) is 0 Å². The van der Waals surface area contributed by atoms with E-state index in [1.165, 1.54) is 0 Å². The Labute approximate surface area is 148 Å². The van der Waals surface area contributed by atoms with E-state index < -0.39 is 11.0 Å². The Morgan fingerprint density at radius 3 is 2.60 bits per heavy atom. The van der Waals surface area contributed by atoms with Crippen molar-refractivity contribution in [1.29, 1.82) is 0 Å². The van der Waals surface area contributed by atoms with E-state index in [1.807, 2.05) is 41.5 Å². The largest absolute Gasteiger partial charge is 0.444 e. The third-order valence-corrected chi connectivity index (χ3v) is 4.86. The zero-order valence-corrected chi connectivity index (χ0v) is 15.9. The molecule has 2 amide bonds. The summed E-state index contributed by atoms with van der Waals surface area (Å²) in [5, 5.41) is 4.15. The van der Waals surface area contributed by atoms with E-state index in [1.54, 1.807) is 9.80 Å². The standard InChI is InChI=1S/C18H27N3O4/c1-11-9-13-12(10-21(11)16(23)24-17(2,3)4)14(25-19-13)20-8-7-18(5,6)15(20)22/h11H,7-10H2,1-6H3/t11-/m0/s1. The van der Waals surface area contributed by atoms with Gasteiger partial charge in [-0.1, -0.05) is 19.0 Å². The lowest BCUT2D eigenvalue weighted by Gasteiger charge is -2.34. The van der Waals surface area contributed by atoms with E-state index in [0.29, 0.717) is 25.4 Å². The van der Waals surface area contributed by atoms with Crippen LogP contribution in [0.3, 0.4) is 0 Å². The summed E-state index contributed by atoms with van der Waals surface area (Å²) < 4.78 is 11.0. The van der Waals surface area contributed by atoms with Crippen molar-refractivity contribution in [3.05, 3.63) is 11.3 Å². The quantitative estimate of drug-likeness (QED) is 0.778. The molecule has 0 aromatic carbocycles. The Balaban J connectivity index is 1.86. The number of hydrogen-bond donors (Lipinski definition) is 0. The van der Waals surface area contributed by atoms with Gasteiger partial charge in [-0.25, -0.2) is 4.79 Å². The molecule has 1 aromatic heterocycles. The molecule has 3 heterocycles. The monoisotopic (exact) mass is 349 g/mol. The van der Waals surface area contributed by atoms with Crippen LogP contribution >= 0.6 is 0 Å². The van der Waals surface area contributed by atoms with Crippen molar-refractivity contribution in [2.45, 2.75) is 72.6 Å². The number of anilines is 1. The highest BCUT2D eigenvalue weighted by atomic mass is 16.6. The molecule has 0 radical (unpaired) electrons. The van der Waals surface area contributed by atoms with Gasteiger partial charge in [0.15, 0.2) is 0 Å². The fraction of sp³-hybridized carbons (Fsp3) is 0.722. The molecule has 0 saturated carbocycles. The maximum absolute atomic E-state index is 12.6.